The molecule has 0 aliphatic heterocycles. The van der Waals surface area contributed by atoms with Crippen LogP contribution in [0.2, 0.25) is 4.34 Å². The van der Waals surface area contributed by atoms with Crippen molar-refractivity contribution in [2.75, 3.05) is 7.05 Å². The summed E-state index contributed by atoms with van der Waals surface area (Å²) >= 11 is 7.38. The second-order valence-electron chi connectivity index (χ2n) is 4.09. The van der Waals surface area contributed by atoms with Crippen LogP contribution in [0.3, 0.4) is 0 Å². The van der Waals surface area contributed by atoms with Crippen LogP contribution in [-0.2, 0) is 11.3 Å². The molecule has 0 saturated carbocycles. The van der Waals surface area contributed by atoms with Crippen molar-refractivity contribution in [2.45, 2.75) is 33.2 Å². The minimum absolute atomic E-state index is 0.116. The molecule has 2 nitrogen and oxygen atoms in total. The van der Waals surface area contributed by atoms with Crippen LogP contribution in [0.5, 0.6) is 0 Å². The van der Waals surface area contributed by atoms with E-state index in [1.165, 1.54) is 11.3 Å². The van der Waals surface area contributed by atoms with Crippen molar-refractivity contribution in [3.05, 3.63) is 21.3 Å². The number of nitrogens with zero attached hydrogens (tertiary/aromatic N) is 1. The van der Waals surface area contributed by atoms with Gasteiger partial charge in [0.05, 0.1) is 10.9 Å². The lowest BCUT2D eigenvalue weighted by Gasteiger charge is -2.20. The fourth-order valence-electron chi connectivity index (χ4n) is 1.68. The summed E-state index contributed by atoms with van der Waals surface area (Å²) in [5.41, 5.74) is 0. The average molecular weight is 260 g/mol. The van der Waals surface area contributed by atoms with E-state index in [4.69, 9.17) is 11.6 Å². The van der Waals surface area contributed by atoms with Gasteiger partial charge in [-0.15, -0.1) is 11.3 Å². The SMILES string of the molecule is CCCC(C)C(=O)N(C)Cc1ccc(Cl)s1. The van der Waals surface area contributed by atoms with Crippen molar-refractivity contribution in [1.29, 1.82) is 0 Å². The first kappa shape index (κ1) is 13.5. The van der Waals surface area contributed by atoms with Crippen molar-refractivity contribution in [1.82, 2.24) is 4.90 Å². The normalized spacial score (nSPS) is 12.5. The Labute approximate surface area is 106 Å². The lowest BCUT2D eigenvalue weighted by atomic mass is 10.1. The summed E-state index contributed by atoms with van der Waals surface area (Å²) in [6.07, 6.45) is 2.00. The van der Waals surface area contributed by atoms with Gasteiger partial charge in [-0.2, -0.15) is 0 Å². The maximum absolute atomic E-state index is 11.9. The van der Waals surface area contributed by atoms with Crippen LogP contribution in [0.15, 0.2) is 12.1 Å². The number of carbonyl (C=O) groups excluding carboxylic acids is 1. The summed E-state index contributed by atoms with van der Waals surface area (Å²) in [6, 6.07) is 3.84. The molecule has 1 heterocycles. The minimum atomic E-state index is 0.116. The maximum atomic E-state index is 11.9. The van der Waals surface area contributed by atoms with E-state index in [0.717, 1.165) is 22.1 Å². The Morgan fingerprint density at radius 1 is 1.56 bits per heavy atom. The largest absolute Gasteiger partial charge is 0.340 e. The predicted molar refractivity (Wildman–Crippen MR) is 69.9 cm³/mol. The molecule has 0 aliphatic rings. The van der Waals surface area contributed by atoms with Crippen LogP contribution in [0.25, 0.3) is 0 Å². The zero-order valence-electron chi connectivity index (χ0n) is 10.00. The van der Waals surface area contributed by atoms with Crippen LogP contribution < -0.4 is 0 Å². The summed E-state index contributed by atoms with van der Waals surface area (Å²) in [7, 11) is 1.85. The molecule has 4 heteroatoms. The zero-order valence-corrected chi connectivity index (χ0v) is 11.6. The van der Waals surface area contributed by atoms with Crippen LogP contribution in [0, 0.1) is 5.92 Å². The quantitative estimate of drug-likeness (QED) is 0.788. The van der Waals surface area contributed by atoms with Gasteiger partial charge in [0.2, 0.25) is 5.91 Å². The Morgan fingerprint density at radius 2 is 2.25 bits per heavy atom. The van der Waals surface area contributed by atoms with Gasteiger partial charge in [0, 0.05) is 17.8 Å². The molecule has 0 spiro atoms. The molecule has 1 aromatic heterocycles. The van der Waals surface area contributed by atoms with E-state index in [1.54, 1.807) is 4.90 Å². The molecular formula is C12H18ClNOS. The number of hydrogen-bond donors (Lipinski definition) is 0. The van der Waals surface area contributed by atoms with E-state index in [-0.39, 0.29) is 11.8 Å². The lowest BCUT2D eigenvalue weighted by molar-refractivity contribution is -0.134. The predicted octanol–water partition coefficient (Wildman–Crippen LogP) is 3.80. The Bertz CT molecular complexity index is 351. The first-order valence-corrected chi connectivity index (χ1v) is 6.73. The molecule has 1 atom stereocenters. The highest BCUT2D eigenvalue weighted by Gasteiger charge is 2.17. The van der Waals surface area contributed by atoms with E-state index in [0.29, 0.717) is 6.54 Å². The van der Waals surface area contributed by atoms with Gasteiger partial charge in [-0.25, -0.2) is 0 Å². The highest BCUT2D eigenvalue weighted by molar-refractivity contribution is 7.16. The molecule has 0 fully saturated rings. The Hall–Kier alpha value is -0.540. The Morgan fingerprint density at radius 3 is 2.75 bits per heavy atom. The molecule has 1 aromatic rings. The molecule has 1 amide bonds. The van der Waals surface area contributed by atoms with Gasteiger partial charge < -0.3 is 4.90 Å². The van der Waals surface area contributed by atoms with Gasteiger partial charge in [0.15, 0.2) is 0 Å². The molecule has 90 valence electrons. The fraction of sp³-hybridized carbons (Fsp3) is 0.583. The standard InChI is InChI=1S/C12H18ClNOS/c1-4-5-9(2)12(15)14(3)8-10-6-7-11(13)16-10/h6-7,9H,4-5,8H2,1-3H3. The van der Waals surface area contributed by atoms with Gasteiger partial charge in [-0.05, 0) is 18.6 Å². The number of rotatable bonds is 5. The zero-order chi connectivity index (χ0) is 12.1. The van der Waals surface area contributed by atoms with Crippen LogP contribution in [-0.4, -0.2) is 17.9 Å². The van der Waals surface area contributed by atoms with E-state index < -0.39 is 0 Å². The highest BCUT2D eigenvalue weighted by atomic mass is 35.5. The topological polar surface area (TPSA) is 20.3 Å². The Balaban J connectivity index is 2.51. The lowest BCUT2D eigenvalue weighted by Crippen LogP contribution is -2.30. The van der Waals surface area contributed by atoms with Gasteiger partial charge in [0.1, 0.15) is 0 Å². The summed E-state index contributed by atoms with van der Waals surface area (Å²) in [4.78, 5) is 14.9. The first-order valence-electron chi connectivity index (χ1n) is 5.53. The van der Waals surface area contributed by atoms with Crippen molar-refractivity contribution in [2.24, 2.45) is 5.92 Å². The molecule has 0 radical (unpaired) electrons. The molecule has 0 aromatic carbocycles. The minimum Gasteiger partial charge on any atom is -0.340 e. The molecule has 0 aliphatic carbocycles. The van der Waals surface area contributed by atoms with E-state index in [1.807, 2.05) is 26.1 Å². The number of amides is 1. The van der Waals surface area contributed by atoms with Crippen molar-refractivity contribution >= 4 is 28.8 Å². The third-order valence-corrected chi connectivity index (χ3v) is 3.76. The monoisotopic (exact) mass is 259 g/mol. The summed E-state index contributed by atoms with van der Waals surface area (Å²) in [5.74, 6) is 0.330. The fourth-order valence-corrected chi connectivity index (χ4v) is 2.82. The van der Waals surface area contributed by atoms with E-state index in [9.17, 15) is 4.79 Å². The maximum Gasteiger partial charge on any atom is 0.225 e. The average Bonchev–Trinajstić information content (AvgIpc) is 2.63. The third kappa shape index (κ3) is 3.80. The summed E-state index contributed by atoms with van der Waals surface area (Å²) < 4.78 is 0.775. The second-order valence-corrected chi connectivity index (χ2v) is 5.89. The van der Waals surface area contributed by atoms with E-state index in [2.05, 4.69) is 6.92 Å². The molecule has 1 rings (SSSR count). The third-order valence-electron chi connectivity index (χ3n) is 2.54. The first-order chi connectivity index (χ1) is 7.54. The van der Waals surface area contributed by atoms with Gasteiger partial charge >= 0.3 is 0 Å². The number of carbonyl (C=O) groups is 1. The van der Waals surface area contributed by atoms with Crippen LogP contribution in [0.4, 0.5) is 0 Å². The molecule has 0 N–H and O–H groups in total. The smallest absolute Gasteiger partial charge is 0.225 e. The number of halogens is 1. The van der Waals surface area contributed by atoms with Crippen LogP contribution in [0.1, 0.15) is 31.6 Å². The summed E-state index contributed by atoms with van der Waals surface area (Å²) in [5, 5.41) is 0. The van der Waals surface area contributed by atoms with Crippen molar-refractivity contribution in [3.8, 4) is 0 Å². The Kier molecular flexibility index (Phi) is 5.29. The number of thiophene rings is 1. The van der Waals surface area contributed by atoms with Crippen LogP contribution >= 0.6 is 22.9 Å². The van der Waals surface area contributed by atoms with Gasteiger partial charge in [-0.3, -0.25) is 4.79 Å². The molecule has 1 unspecified atom stereocenters. The van der Waals surface area contributed by atoms with E-state index >= 15 is 0 Å². The summed E-state index contributed by atoms with van der Waals surface area (Å²) in [6.45, 7) is 4.75. The second kappa shape index (κ2) is 6.26. The van der Waals surface area contributed by atoms with Crippen molar-refractivity contribution in [3.63, 3.8) is 0 Å². The molecule has 0 saturated heterocycles. The molecule has 0 bridgehead atoms. The highest BCUT2D eigenvalue weighted by Crippen LogP contribution is 2.23. The van der Waals surface area contributed by atoms with Gasteiger partial charge in [0.25, 0.3) is 0 Å². The van der Waals surface area contributed by atoms with Crippen molar-refractivity contribution < 1.29 is 4.79 Å². The number of hydrogen-bond acceptors (Lipinski definition) is 2. The molecule has 16 heavy (non-hydrogen) atoms. The molecular weight excluding hydrogens is 242 g/mol. The van der Waals surface area contributed by atoms with Gasteiger partial charge in [-0.1, -0.05) is 31.9 Å².